The summed E-state index contributed by atoms with van der Waals surface area (Å²) in [4.78, 5) is 22.5. The Morgan fingerprint density at radius 1 is 0.943 bits per heavy atom. The fourth-order valence-electron chi connectivity index (χ4n) is 7.24. The van der Waals surface area contributed by atoms with E-state index in [0.717, 1.165) is 71.2 Å². The van der Waals surface area contributed by atoms with E-state index in [4.69, 9.17) is 14.4 Å². The van der Waals surface area contributed by atoms with Gasteiger partial charge in [-0.2, -0.15) is 0 Å². The zero-order valence-corrected chi connectivity index (χ0v) is 36.2. The van der Waals surface area contributed by atoms with E-state index < -0.39 is 0 Å². The molecule has 1 radical (unpaired) electrons. The first-order chi connectivity index (χ1) is 25.1. The number of hydrogen-bond donors (Lipinski definition) is 1. The van der Waals surface area contributed by atoms with E-state index >= 15 is 0 Å². The van der Waals surface area contributed by atoms with Gasteiger partial charge in [-0.3, -0.25) is 9.78 Å². The van der Waals surface area contributed by atoms with Gasteiger partial charge in [0, 0.05) is 73.6 Å². The van der Waals surface area contributed by atoms with Gasteiger partial charge >= 0.3 is 0 Å². The number of allylic oxidation sites excluding steroid dienone is 4. The summed E-state index contributed by atoms with van der Waals surface area (Å²) in [6.45, 7) is 17.1. The van der Waals surface area contributed by atoms with Crippen LogP contribution in [0.25, 0.3) is 65.0 Å². The minimum absolute atomic E-state index is 0. The molecule has 0 fully saturated rings. The third-order valence-electron chi connectivity index (χ3n) is 10.2. The average Bonchev–Trinajstić information content (AvgIpc) is 3.73. The molecule has 0 aliphatic heterocycles. The van der Waals surface area contributed by atoms with E-state index in [1.807, 2.05) is 50.4 Å². The van der Waals surface area contributed by atoms with Crippen molar-refractivity contribution < 1.29 is 34.4 Å². The fourth-order valence-corrected chi connectivity index (χ4v) is 9.73. The predicted molar refractivity (Wildman–Crippen MR) is 224 cm³/mol. The molecule has 1 aliphatic rings. The molecule has 0 amide bonds. The molecule has 0 saturated carbocycles. The number of furan rings is 1. The van der Waals surface area contributed by atoms with Gasteiger partial charge in [0.05, 0.1) is 16.9 Å². The van der Waals surface area contributed by atoms with Crippen LogP contribution >= 0.6 is 22.7 Å². The van der Waals surface area contributed by atoms with E-state index in [9.17, 15) is 9.90 Å². The second-order valence-corrected chi connectivity index (χ2v) is 16.6. The molecule has 1 N–H and O–H groups in total. The van der Waals surface area contributed by atoms with Crippen molar-refractivity contribution in [1.82, 2.24) is 9.97 Å². The molecule has 6 aromatic rings. The van der Waals surface area contributed by atoms with Gasteiger partial charge in [0.25, 0.3) is 0 Å². The number of carbonyl (C=O) groups is 1. The zero-order chi connectivity index (χ0) is 37.1. The van der Waals surface area contributed by atoms with Crippen molar-refractivity contribution in [3.63, 3.8) is 0 Å². The van der Waals surface area contributed by atoms with E-state index in [1.165, 1.54) is 47.8 Å². The molecular formula is C45H51IrN2O3S2-. The Labute approximate surface area is 335 Å². The van der Waals surface area contributed by atoms with Gasteiger partial charge < -0.3 is 9.52 Å². The number of rotatable bonds is 11. The number of nitrogens with zero attached hydrogens (tertiary/aromatic N) is 2. The number of aliphatic hydroxyl groups excluding tert-OH is 1. The van der Waals surface area contributed by atoms with E-state index in [0.29, 0.717) is 11.8 Å². The van der Waals surface area contributed by atoms with Gasteiger partial charge in [0.15, 0.2) is 5.78 Å². The van der Waals surface area contributed by atoms with Gasteiger partial charge in [-0.1, -0.05) is 97.9 Å². The predicted octanol–water partition coefficient (Wildman–Crippen LogP) is 13.9. The molecule has 7 rings (SSSR count). The Balaban J connectivity index is 0.000000290. The molecule has 0 saturated heterocycles. The van der Waals surface area contributed by atoms with Crippen LogP contribution in [0.2, 0.25) is 0 Å². The summed E-state index contributed by atoms with van der Waals surface area (Å²) < 4.78 is 10.2. The van der Waals surface area contributed by atoms with E-state index in [-0.39, 0.29) is 43.5 Å². The van der Waals surface area contributed by atoms with Crippen molar-refractivity contribution in [3.05, 3.63) is 82.2 Å². The Hall–Kier alpha value is -3.42. The molecule has 0 unspecified atom stereocenters. The summed E-state index contributed by atoms with van der Waals surface area (Å²) in [7, 11) is 0. The summed E-state index contributed by atoms with van der Waals surface area (Å²) in [5.41, 5.74) is 8.58. The van der Waals surface area contributed by atoms with Crippen molar-refractivity contribution in [2.24, 2.45) is 17.8 Å². The normalized spacial score (nSPS) is 13.1. The largest absolute Gasteiger partial charge is 0.512 e. The number of hydrogen-bond acceptors (Lipinski definition) is 7. The third-order valence-corrected chi connectivity index (χ3v) is 12.6. The minimum atomic E-state index is 0. The van der Waals surface area contributed by atoms with Crippen molar-refractivity contribution in [1.29, 1.82) is 0 Å². The molecule has 1 aliphatic carbocycles. The molecule has 2 aromatic carbocycles. The van der Waals surface area contributed by atoms with Gasteiger partial charge in [0.1, 0.15) is 11.9 Å². The number of ketones is 1. The molecular weight excluding hydrogens is 873 g/mol. The first-order valence-corrected chi connectivity index (χ1v) is 20.6. The van der Waals surface area contributed by atoms with Crippen LogP contribution in [0.15, 0.2) is 59.0 Å². The summed E-state index contributed by atoms with van der Waals surface area (Å²) >= 11 is 3.63. The quantitative estimate of drug-likeness (QED) is 0.0796. The van der Waals surface area contributed by atoms with Crippen LogP contribution in [0.4, 0.5) is 0 Å². The maximum absolute atomic E-state index is 11.7. The van der Waals surface area contributed by atoms with Crippen molar-refractivity contribution in [3.8, 4) is 11.3 Å². The second kappa shape index (κ2) is 17.8. The second-order valence-electron chi connectivity index (χ2n) is 14.6. The Kier molecular flexibility index (Phi) is 13.7. The topological polar surface area (TPSA) is 76.2 Å². The number of aromatic nitrogens is 2. The maximum Gasteiger partial charge on any atom is 0.162 e. The SMILES string of the molecule is CC(C)Cc1cccc2c1sc1c(-c3[c-]c4oc5c6c(sc5c4c(C(C)C)c3)C=CCC=C6)ncnc12.CCC(CC)C(=O)/C=C(\O)C(CC)CC.[Ir]. The van der Waals surface area contributed by atoms with Crippen LogP contribution in [0.5, 0.6) is 0 Å². The molecule has 281 valence electrons. The smallest absolute Gasteiger partial charge is 0.162 e. The van der Waals surface area contributed by atoms with E-state index in [2.05, 4.69) is 82.3 Å². The maximum atomic E-state index is 11.7. The standard InChI is InChI=1S/C32H27N2OS2.C13H24O2.Ir/c1-17(2)13-19-9-8-11-22-28-32(37-30(19)22)27(33-16-34-28)20-14-23(18(3)4)26-24(15-20)35-29-21-10-6-5-7-12-25(21)36-31(26)29;1-5-10(6-2)12(14)9-13(15)11(7-3)8-4;/h6-12,14,16-18H,5,13H2,1-4H3;9-11,14H,5-8H2,1-4H3;/q-1;;/b;12-9-;. The Morgan fingerprint density at radius 2 is 1.66 bits per heavy atom. The molecule has 8 heteroatoms. The van der Waals surface area contributed by atoms with Crippen LogP contribution in [-0.4, -0.2) is 20.9 Å². The molecule has 5 nitrogen and oxygen atoms in total. The monoisotopic (exact) mass is 924 g/mol. The first-order valence-electron chi connectivity index (χ1n) is 19.0. The number of carbonyl (C=O) groups excluding carboxylic acids is 1. The van der Waals surface area contributed by atoms with Crippen LogP contribution in [-0.2, 0) is 31.3 Å². The number of fused-ring (bicyclic) bond motifs is 8. The van der Waals surface area contributed by atoms with Crippen molar-refractivity contribution in [2.75, 3.05) is 0 Å². The van der Waals surface area contributed by atoms with Crippen LogP contribution in [0, 0.1) is 23.8 Å². The summed E-state index contributed by atoms with van der Waals surface area (Å²) in [6.07, 6.45) is 17.5. The van der Waals surface area contributed by atoms with Crippen molar-refractivity contribution in [2.45, 2.75) is 99.8 Å². The minimum Gasteiger partial charge on any atom is -0.512 e. The molecule has 0 spiro atoms. The summed E-state index contributed by atoms with van der Waals surface area (Å²) in [5, 5.41) is 12.2. The van der Waals surface area contributed by atoms with E-state index in [1.54, 1.807) is 6.33 Å². The zero-order valence-electron chi connectivity index (χ0n) is 32.1. The molecule has 4 aromatic heterocycles. The first kappa shape index (κ1) is 40.8. The Bertz CT molecular complexity index is 2310. The fraction of sp³-hybridized carbons (Fsp3) is 0.400. The summed E-state index contributed by atoms with van der Waals surface area (Å²) in [5.74, 6) is 1.48. The van der Waals surface area contributed by atoms with Crippen LogP contribution < -0.4 is 0 Å². The summed E-state index contributed by atoms with van der Waals surface area (Å²) in [6, 6.07) is 12.5. The third kappa shape index (κ3) is 8.32. The van der Waals surface area contributed by atoms with Crippen LogP contribution in [0.1, 0.15) is 115 Å². The number of benzene rings is 2. The Morgan fingerprint density at radius 3 is 2.34 bits per heavy atom. The number of aliphatic hydroxyl groups is 1. The molecule has 0 bridgehead atoms. The molecule has 0 atom stereocenters. The molecule has 53 heavy (non-hydrogen) atoms. The van der Waals surface area contributed by atoms with Gasteiger partial charge in [-0.25, -0.2) is 4.98 Å². The van der Waals surface area contributed by atoms with Gasteiger partial charge in [-0.05, 0) is 67.4 Å². The van der Waals surface area contributed by atoms with Crippen molar-refractivity contribution >= 4 is 82.2 Å². The number of thiophene rings is 2. The van der Waals surface area contributed by atoms with Gasteiger partial charge in [-0.15, -0.1) is 39.9 Å². The van der Waals surface area contributed by atoms with Gasteiger partial charge in [0.2, 0.25) is 0 Å². The molecule has 4 heterocycles. The average molecular weight is 924 g/mol. The van der Waals surface area contributed by atoms with Crippen LogP contribution in [0.3, 0.4) is 0 Å².